The molecule has 0 aliphatic carbocycles. The van der Waals surface area contributed by atoms with Gasteiger partial charge in [0.05, 0.1) is 12.7 Å². The lowest BCUT2D eigenvalue weighted by molar-refractivity contribution is -0.121. The number of ether oxygens (including phenoxy) is 1. The summed E-state index contributed by atoms with van der Waals surface area (Å²) in [5, 5.41) is 11.6. The highest BCUT2D eigenvalue weighted by Crippen LogP contribution is 2.17. The van der Waals surface area contributed by atoms with Gasteiger partial charge >= 0.3 is 0 Å². The molecule has 0 saturated carbocycles. The predicted molar refractivity (Wildman–Crippen MR) is 73.6 cm³/mol. The number of hydrogen-bond donors (Lipinski definition) is 2. The average molecular weight is 316 g/mol. The fourth-order valence-corrected chi connectivity index (χ4v) is 1.71. The Morgan fingerprint density at radius 1 is 1.56 bits per heavy atom. The van der Waals surface area contributed by atoms with Gasteiger partial charge in [-0.05, 0) is 31.5 Å². The van der Waals surface area contributed by atoms with Crippen LogP contribution < -0.4 is 10.1 Å². The predicted octanol–water partition coefficient (Wildman–Crippen LogP) is 2.11. The van der Waals surface area contributed by atoms with Gasteiger partial charge in [-0.25, -0.2) is 0 Å². The molecule has 1 aromatic carbocycles. The molecule has 0 aliphatic heterocycles. The van der Waals surface area contributed by atoms with Gasteiger partial charge in [0.15, 0.2) is 0 Å². The highest BCUT2D eigenvalue weighted by molar-refractivity contribution is 9.10. The number of carbonyl (C=O) groups is 1. The van der Waals surface area contributed by atoms with Crippen LogP contribution in [-0.4, -0.2) is 30.3 Å². The molecule has 0 radical (unpaired) electrons. The van der Waals surface area contributed by atoms with Crippen LogP contribution in [0.15, 0.2) is 28.7 Å². The van der Waals surface area contributed by atoms with E-state index in [0.29, 0.717) is 26.0 Å². The summed E-state index contributed by atoms with van der Waals surface area (Å²) < 4.78 is 6.47. The van der Waals surface area contributed by atoms with E-state index in [1.54, 1.807) is 6.92 Å². The van der Waals surface area contributed by atoms with Crippen molar-refractivity contribution in [3.63, 3.8) is 0 Å². The summed E-state index contributed by atoms with van der Waals surface area (Å²) in [6.07, 6.45) is 0.547. The van der Waals surface area contributed by atoms with E-state index in [9.17, 15) is 4.79 Å². The minimum absolute atomic E-state index is 0.0613. The zero-order chi connectivity index (χ0) is 13.4. The van der Waals surface area contributed by atoms with E-state index >= 15 is 0 Å². The van der Waals surface area contributed by atoms with Gasteiger partial charge in [-0.2, -0.15) is 0 Å². The zero-order valence-corrected chi connectivity index (χ0v) is 11.9. The van der Waals surface area contributed by atoms with Crippen molar-refractivity contribution in [3.05, 3.63) is 28.7 Å². The minimum atomic E-state index is -0.508. The van der Waals surface area contributed by atoms with Crippen molar-refractivity contribution in [1.29, 1.82) is 0 Å². The van der Waals surface area contributed by atoms with Crippen molar-refractivity contribution in [2.24, 2.45) is 0 Å². The molecule has 1 unspecified atom stereocenters. The maximum Gasteiger partial charge on any atom is 0.220 e. The third kappa shape index (κ3) is 6.61. The van der Waals surface area contributed by atoms with E-state index in [0.717, 1.165) is 10.2 Å². The normalized spacial score (nSPS) is 11.9. The Morgan fingerprint density at radius 3 is 3.00 bits per heavy atom. The van der Waals surface area contributed by atoms with E-state index in [1.165, 1.54) is 0 Å². The molecule has 18 heavy (non-hydrogen) atoms. The van der Waals surface area contributed by atoms with Crippen molar-refractivity contribution in [1.82, 2.24) is 5.32 Å². The Morgan fingerprint density at radius 2 is 2.33 bits per heavy atom. The molecule has 1 atom stereocenters. The second kappa shape index (κ2) is 8.11. The molecule has 0 bridgehead atoms. The standard InChI is InChI=1S/C13H18BrNO3/c1-10(16)9-15-13(17)6-3-7-18-12-5-2-4-11(14)8-12/h2,4-5,8,10,16H,3,6-7,9H2,1H3,(H,15,17). The van der Waals surface area contributed by atoms with Gasteiger partial charge in [0.2, 0.25) is 5.91 Å². The highest BCUT2D eigenvalue weighted by Gasteiger charge is 2.03. The lowest BCUT2D eigenvalue weighted by Gasteiger charge is -2.08. The molecule has 2 N–H and O–H groups in total. The topological polar surface area (TPSA) is 58.6 Å². The lowest BCUT2D eigenvalue weighted by Crippen LogP contribution is -2.30. The number of halogens is 1. The van der Waals surface area contributed by atoms with E-state index < -0.39 is 6.10 Å². The number of carbonyl (C=O) groups excluding carboxylic acids is 1. The molecule has 0 spiro atoms. The molecule has 5 heteroatoms. The fourth-order valence-electron chi connectivity index (χ4n) is 1.33. The van der Waals surface area contributed by atoms with Gasteiger partial charge < -0.3 is 15.2 Å². The molecule has 0 saturated heterocycles. The van der Waals surface area contributed by atoms with Crippen molar-refractivity contribution in [2.45, 2.75) is 25.9 Å². The van der Waals surface area contributed by atoms with Crippen molar-refractivity contribution >= 4 is 21.8 Å². The minimum Gasteiger partial charge on any atom is -0.494 e. The number of rotatable bonds is 7. The third-order valence-corrected chi connectivity index (χ3v) is 2.70. The Balaban J connectivity index is 2.13. The molecule has 4 nitrogen and oxygen atoms in total. The second-order valence-electron chi connectivity index (χ2n) is 4.06. The molecular weight excluding hydrogens is 298 g/mol. The number of amides is 1. The van der Waals surface area contributed by atoms with Crippen LogP contribution in [-0.2, 0) is 4.79 Å². The van der Waals surface area contributed by atoms with Gasteiger partial charge in [-0.3, -0.25) is 4.79 Å². The van der Waals surface area contributed by atoms with Crippen molar-refractivity contribution in [3.8, 4) is 5.75 Å². The summed E-state index contributed by atoms with van der Waals surface area (Å²) in [5.74, 6) is 0.725. The van der Waals surface area contributed by atoms with Crippen LogP contribution in [0.1, 0.15) is 19.8 Å². The first-order valence-electron chi connectivity index (χ1n) is 5.91. The SMILES string of the molecule is CC(O)CNC(=O)CCCOc1cccc(Br)c1. The summed E-state index contributed by atoms with van der Waals surface area (Å²) in [4.78, 5) is 11.3. The molecule has 0 heterocycles. The number of aliphatic hydroxyl groups excluding tert-OH is 1. The molecular formula is C13H18BrNO3. The summed E-state index contributed by atoms with van der Waals surface area (Å²) in [7, 11) is 0. The van der Waals surface area contributed by atoms with Gasteiger partial charge in [-0.15, -0.1) is 0 Å². The van der Waals surface area contributed by atoms with Gasteiger partial charge in [0.25, 0.3) is 0 Å². The highest BCUT2D eigenvalue weighted by atomic mass is 79.9. The number of hydrogen-bond acceptors (Lipinski definition) is 3. The Kier molecular flexibility index (Phi) is 6.75. The third-order valence-electron chi connectivity index (χ3n) is 2.21. The van der Waals surface area contributed by atoms with Crippen LogP contribution in [0.2, 0.25) is 0 Å². The summed E-state index contributed by atoms with van der Waals surface area (Å²) in [5.41, 5.74) is 0. The Hall–Kier alpha value is -1.07. The molecule has 1 aromatic rings. The summed E-state index contributed by atoms with van der Waals surface area (Å²) in [6.45, 7) is 2.43. The van der Waals surface area contributed by atoms with E-state index in [2.05, 4.69) is 21.2 Å². The maximum absolute atomic E-state index is 11.3. The maximum atomic E-state index is 11.3. The molecule has 100 valence electrons. The lowest BCUT2D eigenvalue weighted by atomic mass is 10.3. The largest absolute Gasteiger partial charge is 0.494 e. The molecule has 1 rings (SSSR count). The van der Waals surface area contributed by atoms with Crippen molar-refractivity contribution in [2.75, 3.05) is 13.2 Å². The number of benzene rings is 1. The van der Waals surface area contributed by atoms with Gasteiger partial charge in [0, 0.05) is 17.4 Å². The van der Waals surface area contributed by atoms with Crippen LogP contribution in [0, 0.1) is 0 Å². The second-order valence-corrected chi connectivity index (χ2v) is 4.98. The molecule has 0 fully saturated rings. The summed E-state index contributed by atoms with van der Waals surface area (Å²) in [6, 6.07) is 7.58. The van der Waals surface area contributed by atoms with E-state index in [1.807, 2.05) is 24.3 Å². The van der Waals surface area contributed by atoms with Gasteiger partial charge in [-0.1, -0.05) is 22.0 Å². The number of nitrogens with one attached hydrogen (secondary N) is 1. The first-order chi connectivity index (χ1) is 8.58. The zero-order valence-electron chi connectivity index (χ0n) is 10.4. The smallest absolute Gasteiger partial charge is 0.220 e. The number of aliphatic hydroxyl groups is 1. The van der Waals surface area contributed by atoms with Crippen LogP contribution in [0.3, 0.4) is 0 Å². The van der Waals surface area contributed by atoms with Crippen LogP contribution in [0.4, 0.5) is 0 Å². The van der Waals surface area contributed by atoms with E-state index in [-0.39, 0.29) is 5.91 Å². The van der Waals surface area contributed by atoms with Crippen molar-refractivity contribution < 1.29 is 14.6 Å². The molecule has 1 amide bonds. The Labute approximate surface area is 115 Å². The molecule has 0 aliphatic rings. The summed E-state index contributed by atoms with van der Waals surface area (Å²) >= 11 is 3.36. The average Bonchev–Trinajstić information content (AvgIpc) is 2.32. The van der Waals surface area contributed by atoms with Crippen LogP contribution in [0.25, 0.3) is 0 Å². The van der Waals surface area contributed by atoms with Gasteiger partial charge in [0.1, 0.15) is 5.75 Å². The van der Waals surface area contributed by atoms with Crippen LogP contribution >= 0.6 is 15.9 Å². The van der Waals surface area contributed by atoms with E-state index in [4.69, 9.17) is 9.84 Å². The van der Waals surface area contributed by atoms with Crippen LogP contribution in [0.5, 0.6) is 5.75 Å². The first-order valence-corrected chi connectivity index (χ1v) is 6.70. The monoisotopic (exact) mass is 315 g/mol. The first kappa shape index (κ1) is 15.0. The molecule has 0 aromatic heterocycles. The fraction of sp³-hybridized carbons (Fsp3) is 0.462. The Bertz CT molecular complexity index is 382. The quantitative estimate of drug-likeness (QED) is 0.758.